The Morgan fingerprint density at radius 3 is 2.77 bits per heavy atom. The van der Waals surface area contributed by atoms with Crippen molar-refractivity contribution in [1.82, 2.24) is 15.0 Å². The van der Waals surface area contributed by atoms with Gasteiger partial charge in [0.1, 0.15) is 6.29 Å². The molecular formula is C8H10BrN3O. The van der Waals surface area contributed by atoms with Gasteiger partial charge in [0.05, 0.1) is 5.69 Å². The molecule has 0 aromatic carbocycles. The van der Waals surface area contributed by atoms with Crippen molar-refractivity contribution in [2.75, 3.05) is 0 Å². The molecule has 0 atom stereocenters. The minimum absolute atomic E-state index is 0.655. The van der Waals surface area contributed by atoms with Gasteiger partial charge in [-0.2, -0.15) is 0 Å². The summed E-state index contributed by atoms with van der Waals surface area (Å²) in [6, 6.07) is 0. The molecule has 0 radical (unpaired) electrons. The second-order valence-corrected chi connectivity index (χ2v) is 3.33. The molecule has 1 aromatic heterocycles. The van der Waals surface area contributed by atoms with Crippen LogP contribution in [-0.4, -0.2) is 21.3 Å². The van der Waals surface area contributed by atoms with E-state index in [9.17, 15) is 4.79 Å². The fourth-order valence-electron chi connectivity index (χ4n) is 0.887. The molecule has 0 bridgehead atoms. The topological polar surface area (TPSA) is 47.8 Å². The van der Waals surface area contributed by atoms with Crippen LogP contribution in [0.2, 0.25) is 0 Å². The van der Waals surface area contributed by atoms with Gasteiger partial charge in [-0.1, -0.05) is 12.1 Å². The number of aryl methyl sites for hydroxylation is 1. The zero-order chi connectivity index (χ0) is 9.84. The van der Waals surface area contributed by atoms with Crippen molar-refractivity contribution < 1.29 is 4.79 Å². The third-order valence-electron chi connectivity index (χ3n) is 1.71. The molecule has 0 N–H and O–H groups in total. The molecule has 0 fully saturated rings. The molecule has 4 nitrogen and oxygen atoms in total. The number of halogens is 1. The third kappa shape index (κ3) is 2.24. The van der Waals surface area contributed by atoms with Crippen molar-refractivity contribution in [2.24, 2.45) is 7.05 Å². The first-order valence-corrected chi connectivity index (χ1v) is 4.69. The predicted molar refractivity (Wildman–Crippen MR) is 53.0 cm³/mol. The molecule has 0 unspecified atom stereocenters. The molecular weight excluding hydrogens is 234 g/mol. The SMILES string of the molecule is CC/C(C=O)=C/c1c(Br)nnn1C. The summed E-state index contributed by atoms with van der Waals surface area (Å²) in [7, 11) is 1.78. The molecule has 0 saturated heterocycles. The quantitative estimate of drug-likeness (QED) is 0.599. The molecule has 1 rings (SSSR count). The number of hydrogen-bond donors (Lipinski definition) is 0. The number of nitrogens with zero attached hydrogens (tertiary/aromatic N) is 3. The molecule has 0 spiro atoms. The number of carbonyl (C=O) groups is 1. The standard InChI is InChI=1S/C8H10BrN3O/c1-3-6(5-13)4-7-8(9)10-11-12(7)2/h4-5H,3H2,1-2H3/b6-4-. The van der Waals surface area contributed by atoms with Crippen LogP contribution in [0.3, 0.4) is 0 Å². The van der Waals surface area contributed by atoms with E-state index in [1.54, 1.807) is 17.8 Å². The van der Waals surface area contributed by atoms with Crippen molar-refractivity contribution in [1.29, 1.82) is 0 Å². The van der Waals surface area contributed by atoms with Crippen LogP contribution in [0.1, 0.15) is 19.0 Å². The van der Waals surface area contributed by atoms with E-state index in [1.807, 2.05) is 6.92 Å². The maximum Gasteiger partial charge on any atom is 0.155 e. The van der Waals surface area contributed by atoms with Gasteiger partial charge in [-0.05, 0) is 34.0 Å². The lowest BCUT2D eigenvalue weighted by Gasteiger charge is -1.95. The normalized spacial score (nSPS) is 11.8. The Bertz CT molecular complexity index is 324. The van der Waals surface area contributed by atoms with E-state index in [1.165, 1.54) is 0 Å². The Kier molecular flexibility index (Phi) is 3.36. The van der Waals surface area contributed by atoms with Crippen LogP contribution >= 0.6 is 15.9 Å². The summed E-state index contributed by atoms with van der Waals surface area (Å²) in [5.74, 6) is 0. The number of allylic oxidation sites excluding steroid dienone is 1. The van der Waals surface area contributed by atoms with Crippen LogP contribution in [0.4, 0.5) is 0 Å². The van der Waals surface area contributed by atoms with Gasteiger partial charge in [0.2, 0.25) is 0 Å². The molecule has 1 heterocycles. The zero-order valence-electron chi connectivity index (χ0n) is 7.49. The first-order valence-electron chi connectivity index (χ1n) is 3.90. The summed E-state index contributed by atoms with van der Waals surface area (Å²) < 4.78 is 2.27. The van der Waals surface area contributed by atoms with E-state index in [0.29, 0.717) is 11.0 Å². The summed E-state index contributed by atoms with van der Waals surface area (Å²) in [4.78, 5) is 10.6. The van der Waals surface area contributed by atoms with Gasteiger partial charge in [-0.25, -0.2) is 4.68 Å². The number of aldehydes is 1. The summed E-state index contributed by atoms with van der Waals surface area (Å²) in [5, 5.41) is 7.60. The van der Waals surface area contributed by atoms with Gasteiger partial charge in [0, 0.05) is 7.05 Å². The van der Waals surface area contributed by atoms with E-state index in [-0.39, 0.29) is 0 Å². The number of aromatic nitrogens is 3. The van der Waals surface area contributed by atoms with Gasteiger partial charge in [0.25, 0.3) is 0 Å². The van der Waals surface area contributed by atoms with Crippen molar-refractivity contribution in [3.8, 4) is 0 Å². The molecule has 0 saturated carbocycles. The molecule has 0 aliphatic rings. The van der Waals surface area contributed by atoms with Crippen LogP contribution in [0, 0.1) is 0 Å². The maximum atomic E-state index is 10.6. The highest BCUT2D eigenvalue weighted by Gasteiger charge is 2.05. The van der Waals surface area contributed by atoms with E-state index in [0.717, 1.165) is 17.6 Å². The predicted octanol–water partition coefficient (Wildman–Crippen LogP) is 1.57. The largest absolute Gasteiger partial charge is 0.298 e. The Morgan fingerprint density at radius 2 is 2.38 bits per heavy atom. The van der Waals surface area contributed by atoms with Gasteiger partial charge in [-0.3, -0.25) is 4.79 Å². The van der Waals surface area contributed by atoms with Gasteiger partial charge in [0.15, 0.2) is 4.60 Å². The van der Waals surface area contributed by atoms with E-state index >= 15 is 0 Å². The Balaban J connectivity index is 3.07. The third-order valence-corrected chi connectivity index (χ3v) is 2.27. The van der Waals surface area contributed by atoms with E-state index in [2.05, 4.69) is 26.2 Å². The molecule has 0 aliphatic heterocycles. The highest BCUT2D eigenvalue weighted by atomic mass is 79.9. The van der Waals surface area contributed by atoms with Crippen LogP contribution in [-0.2, 0) is 11.8 Å². The maximum absolute atomic E-state index is 10.6. The highest BCUT2D eigenvalue weighted by Crippen LogP contribution is 2.15. The number of carbonyl (C=O) groups excluding carboxylic acids is 1. The fourth-order valence-corrected chi connectivity index (χ4v) is 1.33. The first-order chi connectivity index (χ1) is 6.19. The van der Waals surface area contributed by atoms with E-state index in [4.69, 9.17) is 0 Å². The minimum atomic E-state index is 0.655. The van der Waals surface area contributed by atoms with Crippen LogP contribution in [0.25, 0.3) is 6.08 Å². The fraction of sp³-hybridized carbons (Fsp3) is 0.375. The van der Waals surface area contributed by atoms with Gasteiger partial charge in [-0.15, -0.1) is 5.10 Å². The average Bonchev–Trinajstić information content (AvgIpc) is 2.44. The lowest BCUT2D eigenvalue weighted by molar-refractivity contribution is -0.104. The van der Waals surface area contributed by atoms with E-state index < -0.39 is 0 Å². The monoisotopic (exact) mass is 243 g/mol. The van der Waals surface area contributed by atoms with Crippen molar-refractivity contribution in [3.63, 3.8) is 0 Å². The zero-order valence-corrected chi connectivity index (χ0v) is 9.08. The summed E-state index contributed by atoms with van der Waals surface area (Å²) >= 11 is 3.25. The van der Waals surface area contributed by atoms with Crippen molar-refractivity contribution >= 4 is 28.3 Å². The first kappa shape index (κ1) is 10.1. The molecule has 1 aromatic rings. The minimum Gasteiger partial charge on any atom is -0.298 e. The smallest absolute Gasteiger partial charge is 0.155 e. The highest BCUT2D eigenvalue weighted by molar-refractivity contribution is 9.10. The summed E-state index contributed by atoms with van der Waals surface area (Å²) in [6.07, 6.45) is 3.33. The van der Waals surface area contributed by atoms with Crippen LogP contribution in [0.15, 0.2) is 10.2 Å². The second kappa shape index (κ2) is 4.32. The number of hydrogen-bond acceptors (Lipinski definition) is 3. The second-order valence-electron chi connectivity index (χ2n) is 2.58. The Hall–Kier alpha value is -0.970. The Labute approximate surface area is 84.8 Å². The Morgan fingerprint density at radius 1 is 1.69 bits per heavy atom. The van der Waals surface area contributed by atoms with Crippen molar-refractivity contribution in [3.05, 3.63) is 15.9 Å². The van der Waals surface area contributed by atoms with Crippen LogP contribution < -0.4 is 0 Å². The lowest BCUT2D eigenvalue weighted by atomic mass is 10.2. The molecule has 5 heteroatoms. The molecule has 0 amide bonds. The van der Waals surface area contributed by atoms with Crippen molar-refractivity contribution in [2.45, 2.75) is 13.3 Å². The summed E-state index contributed by atoms with van der Waals surface area (Å²) in [5.41, 5.74) is 1.54. The average molecular weight is 244 g/mol. The molecule has 70 valence electrons. The van der Waals surface area contributed by atoms with Crippen LogP contribution in [0.5, 0.6) is 0 Å². The molecule has 0 aliphatic carbocycles. The number of rotatable bonds is 3. The summed E-state index contributed by atoms with van der Waals surface area (Å²) in [6.45, 7) is 1.93. The van der Waals surface area contributed by atoms with Gasteiger partial charge < -0.3 is 0 Å². The molecule has 13 heavy (non-hydrogen) atoms. The van der Waals surface area contributed by atoms with Gasteiger partial charge >= 0.3 is 0 Å². The lowest BCUT2D eigenvalue weighted by Crippen LogP contribution is -1.94.